The first-order valence-electron chi connectivity index (χ1n) is 13.9. The van der Waals surface area contributed by atoms with Crippen LogP contribution in [0.1, 0.15) is 57.6 Å². The van der Waals surface area contributed by atoms with Crippen LogP contribution in [-0.4, -0.2) is 54.9 Å². The number of nitrogens with one attached hydrogen (secondary N) is 2. The minimum atomic E-state index is -0.707. The van der Waals surface area contributed by atoms with Gasteiger partial charge in [0.2, 0.25) is 0 Å². The third-order valence-electron chi connectivity index (χ3n) is 5.76. The molecule has 230 valence electrons. The number of benzene rings is 2. The molecule has 3 rings (SSSR count). The molecule has 0 spiro atoms. The molecule has 43 heavy (non-hydrogen) atoms. The quantitative estimate of drug-likeness (QED) is 0.274. The van der Waals surface area contributed by atoms with E-state index in [0.717, 1.165) is 0 Å². The van der Waals surface area contributed by atoms with E-state index >= 15 is 0 Å². The van der Waals surface area contributed by atoms with Crippen LogP contribution in [0.3, 0.4) is 0 Å². The Hall–Kier alpha value is -4.31. The molecular formula is C32H40ClN5O5. The van der Waals surface area contributed by atoms with E-state index in [1.807, 2.05) is 25.1 Å². The first-order valence-corrected chi connectivity index (χ1v) is 14.2. The summed E-state index contributed by atoms with van der Waals surface area (Å²) >= 11 is 6.13. The van der Waals surface area contributed by atoms with Crippen LogP contribution < -0.4 is 20.4 Å². The number of carbonyl (C=O) groups is 3. The first kappa shape index (κ1) is 33.2. The molecule has 0 bridgehead atoms. The van der Waals surface area contributed by atoms with E-state index in [-0.39, 0.29) is 12.5 Å². The third kappa shape index (κ3) is 10.5. The predicted molar refractivity (Wildman–Crippen MR) is 172 cm³/mol. The number of nitrogens with zero attached hydrogens (tertiary/aromatic N) is 3. The van der Waals surface area contributed by atoms with E-state index in [1.165, 1.54) is 4.90 Å². The minimum absolute atomic E-state index is 0.250. The second-order valence-electron chi connectivity index (χ2n) is 12.1. The van der Waals surface area contributed by atoms with Crippen molar-refractivity contribution in [1.82, 2.24) is 4.98 Å². The highest BCUT2D eigenvalue weighted by Crippen LogP contribution is 2.26. The molecule has 0 aliphatic heterocycles. The Balaban J connectivity index is 1.77. The number of carbonyl (C=O) groups excluding carboxylic acids is 3. The smallest absolute Gasteiger partial charge is 0.414 e. The van der Waals surface area contributed by atoms with Crippen LogP contribution in [0, 0.1) is 0 Å². The zero-order chi connectivity index (χ0) is 31.9. The summed E-state index contributed by atoms with van der Waals surface area (Å²) in [5.41, 5.74) is 1.61. The second-order valence-corrected chi connectivity index (χ2v) is 12.5. The average Bonchev–Trinajstić information content (AvgIpc) is 2.87. The topological polar surface area (TPSA) is 113 Å². The Labute approximate surface area is 258 Å². The molecule has 3 amide bonds. The number of ether oxygens (including phenoxy) is 2. The van der Waals surface area contributed by atoms with Crippen LogP contribution in [0.5, 0.6) is 0 Å². The second kappa shape index (κ2) is 13.8. The molecule has 0 saturated carbocycles. The molecule has 0 fully saturated rings. The van der Waals surface area contributed by atoms with Gasteiger partial charge in [-0.05, 0) is 96.1 Å². The van der Waals surface area contributed by atoms with Gasteiger partial charge in [-0.1, -0.05) is 17.7 Å². The summed E-state index contributed by atoms with van der Waals surface area (Å²) in [5, 5.41) is 6.07. The number of amides is 3. The fraction of sp³-hybridized carbons (Fsp3) is 0.375. The molecule has 0 aliphatic carbocycles. The molecule has 11 heteroatoms. The summed E-state index contributed by atoms with van der Waals surface area (Å²) in [4.78, 5) is 46.3. The number of rotatable bonds is 8. The van der Waals surface area contributed by atoms with Gasteiger partial charge in [0.15, 0.2) is 0 Å². The Morgan fingerprint density at radius 3 is 2.12 bits per heavy atom. The summed E-state index contributed by atoms with van der Waals surface area (Å²) < 4.78 is 11.0. The lowest BCUT2D eigenvalue weighted by atomic mass is 10.1. The van der Waals surface area contributed by atoms with Gasteiger partial charge in [-0.3, -0.25) is 15.0 Å². The molecule has 2 aromatic carbocycles. The van der Waals surface area contributed by atoms with Gasteiger partial charge in [0, 0.05) is 49.2 Å². The predicted octanol–water partition coefficient (Wildman–Crippen LogP) is 7.38. The third-order valence-corrected chi connectivity index (χ3v) is 6.00. The molecule has 0 radical (unpaired) electrons. The van der Waals surface area contributed by atoms with Crippen molar-refractivity contribution in [3.05, 3.63) is 76.9 Å². The summed E-state index contributed by atoms with van der Waals surface area (Å²) in [5.74, 6) is 0.0526. The maximum Gasteiger partial charge on any atom is 0.414 e. The fourth-order valence-corrected chi connectivity index (χ4v) is 4.12. The van der Waals surface area contributed by atoms with Crippen LogP contribution in [-0.2, 0) is 15.9 Å². The van der Waals surface area contributed by atoms with E-state index in [0.29, 0.717) is 45.6 Å². The van der Waals surface area contributed by atoms with Gasteiger partial charge in [-0.15, -0.1) is 0 Å². The molecule has 0 saturated heterocycles. The zero-order valence-electron chi connectivity index (χ0n) is 25.9. The molecule has 2 N–H and O–H groups in total. The Kier molecular flexibility index (Phi) is 10.6. The molecule has 0 atom stereocenters. The summed E-state index contributed by atoms with van der Waals surface area (Å²) in [6.45, 7) is 11.0. The Morgan fingerprint density at radius 1 is 0.860 bits per heavy atom. The maximum atomic E-state index is 13.2. The van der Waals surface area contributed by atoms with Crippen molar-refractivity contribution in [2.45, 2.75) is 59.2 Å². The number of hydrogen-bond donors (Lipinski definition) is 2. The maximum absolute atomic E-state index is 13.2. The normalized spacial score (nSPS) is 11.4. The number of aromatic nitrogens is 1. The van der Waals surface area contributed by atoms with E-state index in [1.54, 1.807) is 96.1 Å². The zero-order valence-corrected chi connectivity index (χ0v) is 26.7. The van der Waals surface area contributed by atoms with Gasteiger partial charge in [0.25, 0.3) is 5.91 Å². The lowest BCUT2D eigenvalue weighted by Gasteiger charge is -2.27. The van der Waals surface area contributed by atoms with Gasteiger partial charge >= 0.3 is 12.2 Å². The molecule has 1 aromatic heterocycles. The van der Waals surface area contributed by atoms with E-state index < -0.39 is 23.4 Å². The summed E-state index contributed by atoms with van der Waals surface area (Å²) in [6.07, 6.45) is -0.747. The van der Waals surface area contributed by atoms with Crippen molar-refractivity contribution in [2.24, 2.45) is 0 Å². The van der Waals surface area contributed by atoms with Gasteiger partial charge < -0.3 is 19.7 Å². The molecule has 3 aromatic rings. The van der Waals surface area contributed by atoms with E-state index in [2.05, 4.69) is 15.6 Å². The van der Waals surface area contributed by atoms with Gasteiger partial charge in [-0.2, -0.15) is 0 Å². The largest absolute Gasteiger partial charge is 0.444 e. The van der Waals surface area contributed by atoms with Crippen LogP contribution in [0.15, 0.2) is 60.7 Å². The van der Waals surface area contributed by atoms with Crippen molar-refractivity contribution >= 4 is 52.6 Å². The molecule has 0 aliphatic rings. The molecule has 0 unspecified atom stereocenters. The van der Waals surface area contributed by atoms with Crippen LogP contribution in [0.4, 0.5) is 32.5 Å². The number of halogens is 1. The van der Waals surface area contributed by atoms with Crippen LogP contribution in [0.2, 0.25) is 5.02 Å². The lowest BCUT2D eigenvalue weighted by Crippen LogP contribution is -2.38. The van der Waals surface area contributed by atoms with Gasteiger partial charge in [-0.25, -0.2) is 14.6 Å². The number of anilines is 4. The van der Waals surface area contributed by atoms with E-state index in [9.17, 15) is 14.4 Å². The highest BCUT2D eigenvalue weighted by atomic mass is 35.5. The Bertz CT molecular complexity index is 1450. The standard InChI is InChI=1S/C32H40ClN5O5/c1-31(2,3)42-29(40)36-27-11-9-10-22(34-27)18-19-38(30(41)43-32(4,5)6)24-15-13-23(14-16-24)35-28(39)25-17-12-21(33)20-26(25)37(7)8/h9-17,20H,18-19H2,1-8H3,(H,35,39)(H,34,36,40). The van der Waals surface area contributed by atoms with Crippen molar-refractivity contribution < 1.29 is 23.9 Å². The van der Waals surface area contributed by atoms with Gasteiger partial charge in [0.05, 0.1) is 11.3 Å². The van der Waals surface area contributed by atoms with Gasteiger partial charge in [0.1, 0.15) is 17.0 Å². The monoisotopic (exact) mass is 609 g/mol. The van der Waals surface area contributed by atoms with Crippen LogP contribution in [0.25, 0.3) is 0 Å². The van der Waals surface area contributed by atoms with Crippen molar-refractivity contribution in [3.8, 4) is 0 Å². The first-order chi connectivity index (χ1) is 20.0. The molecule has 10 nitrogen and oxygen atoms in total. The van der Waals surface area contributed by atoms with Crippen molar-refractivity contribution in [3.63, 3.8) is 0 Å². The van der Waals surface area contributed by atoms with Crippen LogP contribution >= 0.6 is 11.6 Å². The van der Waals surface area contributed by atoms with Crippen molar-refractivity contribution in [2.75, 3.05) is 41.1 Å². The summed E-state index contributed by atoms with van der Waals surface area (Å²) in [6, 6.07) is 17.2. The highest BCUT2D eigenvalue weighted by Gasteiger charge is 2.24. The molecular weight excluding hydrogens is 570 g/mol. The number of pyridine rings is 1. The average molecular weight is 610 g/mol. The SMILES string of the molecule is CN(C)c1cc(Cl)ccc1C(=O)Nc1ccc(N(CCc2cccc(NC(=O)OC(C)(C)C)n2)C(=O)OC(C)(C)C)cc1. The fourth-order valence-electron chi connectivity index (χ4n) is 3.96. The summed E-state index contributed by atoms with van der Waals surface area (Å²) in [7, 11) is 3.68. The van der Waals surface area contributed by atoms with Crippen molar-refractivity contribution in [1.29, 1.82) is 0 Å². The number of hydrogen-bond acceptors (Lipinski definition) is 7. The molecule has 1 heterocycles. The Morgan fingerprint density at radius 2 is 1.51 bits per heavy atom. The van der Waals surface area contributed by atoms with E-state index in [4.69, 9.17) is 21.1 Å². The lowest BCUT2D eigenvalue weighted by molar-refractivity contribution is 0.0578. The minimum Gasteiger partial charge on any atom is -0.444 e. The highest BCUT2D eigenvalue weighted by molar-refractivity contribution is 6.31.